The number of anilines is 1. The van der Waals surface area contributed by atoms with E-state index in [1.165, 1.54) is 49.2 Å². The average molecular weight is 205 g/mol. The molecule has 15 heavy (non-hydrogen) atoms. The van der Waals surface area contributed by atoms with Gasteiger partial charge in [0.15, 0.2) is 0 Å². The molecule has 2 aliphatic rings. The predicted octanol–water partition coefficient (Wildman–Crippen LogP) is 2.53. The molecule has 82 valence electrons. The third-order valence-corrected chi connectivity index (χ3v) is 3.77. The second kappa shape index (κ2) is 3.54. The van der Waals surface area contributed by atoms with Crippen LogP contribution in [0.25, 0.3) is 0 Å². The largest absolute Gasteiger partial charge is 0.370 e. The summed E-state index contributed by atoms with van der Waals surface area (Å²) in [6.45, 7) is 4.28. The average Bonchev–Trinajstić information content (AvgIpc) is 2.55. The molecule has 0 amide bonds. The normalized spacial score (nSPS) is 20.6. The first-order valence-corrected chi connectivity index (χ1v) is 6.23. The fourth-order valence-corrected chi connectivity index (χ4v) is 2.67. The lowest BCUT2D eigenvalue weighted by molar-refractivity contribution is 0.404. The van der Waals surface area contributed by atoms with E-state index in [0.717, 1.165) is 19.0 Å². The Hall–Kier alpha value is -0.990. The molecule has 3 nitrogen and oxygen atoms in total. The van der Waals surface area contributed by atoms with Crippen LogP contribution in [0.15, 0.2) is 0 Å². The molecule has 1 aromatic heterocycles. The van der Waals surface area contributed by atoms with Crippen molar-refractivity contribution < 1.29 is 0 Å². The monoisotopic (exact) mass is 205 g/mol. The fourth-order valence-electron chi connectivity index (χ4n) is 2.67. The summed E-state index contributed by atoms with van der Waals surface area (Å²) >= 11 is 0. The van der Waals surface area contributed by atoms with Gasteiger partial charge in [-0.15, -0.1) is 0 Å². The van der Waals surface area contributed by atoms with E-state index < -0.39 is 0 Å². The van der Waals surface area contributed by atoms with Gasteiger partial charge in [0.25, 0.3) is 0 Å². The van der Waals surface area contributed by atoms with Crippen molar-refractivity contribution in [2.24, 2.45) is 0 Å². The number of nitrogens with zero attached hydrogens (tertiary/aromatic N) is 2. The Kier molecular flexibility index (Phi) is 2.19. The molecule has 0 bridgehead atoms. The highest BCUT2D eigenvalue weighted by molar-refractivity contribution is 5.51. The van der Waals surface area contributed by atoms with Crippen molar-refractivity contribution in [2.75, 3.05) is 11.9 Å². The van der Waals surface area contributed by atoms with E-state index in [2.05, 4.69) is 16.9 Å². The first kappa shape index (κ1) is 9.25. The zero-order valence-corrected chi connectivity index (χ0v) is 9.42. The maximum absolute atomic E-state index is 4.79. The zero-order valence-electron chi connectivity index (χ0n) is 9.42. The Morgan fingerprint density at radius 2 is 2.27 bits per heavy atom. The summed E-state index contributed by atoms with van der Waals surface area (Å²) in [5.74, 6) is 2.08. The summed E-state index contributed by atoms with van der Waals surface area (Å²) in [4.78, 5) is 0. The summed E-state index contributed by atoms with van der Waals surface area (Å²) in [6.07, 6.45) is 6.60. The minimum Gasteiger partial charge on any atom is -0.370 e. The van der Waals surface area contributed by atoms with Gasteiger partial charge < -0.3 is 5.32 Å². The van der Waals surface area contributed by atoms with Crippen molar-refractivity contribution in [3.8, 4) is 0 Å². The van der Waals surface area contributed by atoms with Crippen molar-refractivity contribution in [3.05, 3.63) is 11.3 Å². The van der Waals surface area contributed by atoms with Gasteiger partial charge in [0.2, 0.25) is 0 Å². The van der Waals surface area contributed by atoms with Crippen molar-refractivity contribution in [2.45, 2.75) is 51.5 Å². The predicted molar refractivity (Wildman–Crippen MR) is 61.3 cm³/mol. The summed E-state index contributed by atoms with van der Waals surface area (Å²) in [7, 11) is 0. The van der Waals surface area contributed by atoms with Crippen LogP contribution in [0.1, 0.15) is 49.8 Å². The number of rotatable bonds is 2. The van der Waals surface area contributed by atoms with Gasteiger partial charge in [0, 0.05) is 24.6 Å². The highest BCUT2D eigenvalue weighted by Gasteiger charge is 2.28. The Labute approximate surface area is 90.9 Å². The first-order chi connectivity index (χ1) is 7.40. The fraction of sp³-hybridized carbons (Fsp3) is 0.750. The third-order valence-electron chi connectivity index (χ3n) is 3.77. The van der Waals surface area contributed by atoms with E-state index in [-0.39, 0.29) is 0 Å². The van der Waals surface area contributed by atoms with E-state index in [1.807, 2.05) is 0 Å². The number of nitrogens with one attached hydrogen (secondary N) is 1. The van der Waals surface area contributed by atoms with Crippen LogP contribution in [0.2, 0.25) is 0 Å². The molecule has 1 N–H and O–H groups in total. The number of hydrogen-bond acceptors (Lipinski definition) is 2. The van der Waals surface area contributed by atoms with Crippen LogP contribution in [0, 0.1) is 0 Å². The van der Waals surface area contributed by atoms with E-state index in [9.17, 15) is 0 Å². The number of fused-ring (bicyclic) bond motifs is 1. The maximum Gasteiger partial charge on any atom is 0.127 e. The molecule has 0 spiro atoms. The van der Waals surface area contributed by atoms with Crippen LogP contribution in [0.4, 0.5) is 5.82 Å². The van der Waals surface area contributed by atoms with E-state index in [0.29, 0.717) is 0 Å². The summed E-state index contributed by atoms with van der Waals surface area (Å²) in [5, 5.41) is 8.29. The molecule has 1 saturated carbocycles. The molecule has 1 aliphatic carbocycles. The van der Waals surface area contributed by atoms with Gasteiger partial charge >= 0.3 is 0 Å². The minimum absolute atomic E-state index is 0.770. The first-order valence-electron chi connectivity index (χ1n) is 6.23. The minimum atomic E-state index is 0.770. The zero-order chi connectivity index (χ0) is 10.3. The molecule has 0 aromatic carbocycles. The van der Waals surface area contributed by atoms with E-state index in [4.69, 9.17) is 5.10 Å². The lowest BCUT2D eigenvalue weighted by Crippen LogP contribution is -2.16. The van der Waals surface area contributed by atoms with Gasteiger partial charge in [-0.25, -0.2) is 4.68 Å². The Morgan fingerprint density at radius 3 is 2.93 bits per heavy atom. The van der Waals surface area contributed by atoms with Crippen LogP contribution in [-0.2, 0) is 13.0 Å². The quantitative estimate of drug-likeness (QED) is 0.804. The molecule has 1 aromatic rings. The van der Waals surface area contributed by atoms with Crippen molar-refractivity contribution in [3.63, 3.8) is 0 Å². The smallest absolute Gasteiger partial charge is 0.127 e. The molecule has 0 saturated heterocycles. The molecular weight excluding hydrogens is 186 g/mol. The highest BCUT2D eigenvalue weighted by atomic mass is 15.3. The van der Waals surface area contributed by atoms with Gasteiger partial charge in [-0.1, -0.05) is 6.42 Å². The molecule has 1 fully saturated rings. The Morgan fingerprint density at radius 1 is 1.40 bits per heavy atom. The standard InChI is InChI=1S/C12H19N3/c1-2-15-12-10(7-4-8-13-12)11(14-15)9-5-3-6-9/h9,13H,2-8H2,1H3. The summed E-state index contributed by atoms with van der Waals surface area (Å²) < 4.78 is 2.15. The Balaban J connectivity index is 2.01. The topological polar surface area (TPSA) is 29.9 Å². The summed E-state index contributed by atoms with van der Waals surface area (Å²) in [6, 6.07) is 0. The third kappa shape index (κ3) is 1.36. The number of aryl methyl sites for hydroxylation is 1. The van der Waals surface area contributed by atoms with Crippen LogP contribution in [0.3, 0.4) is 0 Å². The van der Waals surface area contributed by atoms with Gasteiger partial charge in [0.05, 0.1) is 5.69 Å². The molecular formula is C12H19N3. The van der Waals surface area contributed by atoms with Crippen LogP contribution < -0.4 is 5.32 Å². The number of aromatic nitrogens is 2. The van der Waals surface area contributed by atoms with Crippen LogP contribution >= 0.6 is 0 Å². The molecule has 0 unspecified atom stereocenters. The molecule has 2 heterocycles. The lowest BCUT2D eigenvalue weighted by atomic mass is 9.81. The molecule has 0 radical (unpaired) electrons. The van der Waals surface area contributed by atoms with Gasteiger partial charge in [-0.3, -0.25) is 0 Å². The summed E-state index contributed by atoms with van der Waals surface area (Å²) in [5.41, 5.74) is 2.93. The van der Waals surface area contributed by atoms with Crippen LogP contribution in [0.5, 0.6) is 0 Å². The lowest BCUT2D eigenvalue weighted by Gasteiger charge is -2.25. The van der Waals surface area contributed by atoms with Gasteiger partial charge in [-0.2, -0.15) is 5.10 Å². The van der Waals surface area contributed by atoms with Gasteiger partial charge in [0.1, 0.15) is 5.82 Å². The molecule has 3 rings (SSSR count). The van der Waals surface area contributed by atoms with E-state index in [1.54, 1.807) is 0 Å². The van der Waals surface area contributed by atoms with Gasteiger partial charge in [-0.05, 0) is 32.6 Å². The van der Waals surface area contributed by atoms with Crippen molar-refractivity contribution in [1.82, 2.24) is 9.78 Å². The Bertz CT molecular complexity index is 363. The molecule has 1 aliphatic heterocycles. The molecule has 3 heteroatoms. The van der Waals surface area contributed by atoms with E-state index >= 15 is 0 Å². The number of hydrogen-bond donors (Lipinski definition) is 1. The second-order valence-electron chi connectivity index (χ2n) is 4.69. The van der Waals surface area contributed by atoms with Crippen molar-refractivity contribution >= 4 is 5.82 Å². The van der Waals surface area contributed by atoms with Crippen molar-refractivity contribution in [1.29, 1.82) is 0 Å². The second-order valence-corrected chi connectivity index (χ2v) is 4.69. The molecule has 0 atom stereocenters. The highest BCUT2D eigenvalue weighted by Crippen LogP contribution is 2.40. The maximum atomic E-state index is 4.79. The van der Waals surface area contributed by atoms with Crippen LogP contribution in [-0.4, -0.2) is 16.3 Å². The SMILES string of the molecule is CCn1nc(C2CCC2)c2c1NCCC2.